The van der Waals surface area contributed by atoms with Gasteiger partial charge in [0, 0.05) is 49.5 Å². The standard InChI is InChI=1S/C24H30N8O/c1-14-15(7-25-23(28-14)31-11-17-18(12-31)24(17,2)3)9-32-10-16(8-27-32)22(33)29-19-5-6-20-21(19)26-13-30(20)4/h7-8,10,13,17-19H,5-6,9,11-12H2,1-4H3,(H,29,33)/t17?,18?,19-/m1/s1. The minimum Gasteiger partial charge on any atom is -0.343 e. The van der Waals surface area contributed by atoms with Gasteiger partial charge in [0.2, 0.25) is 5.95 Å². The number of rotatable bonds is 5. The number of piperidine rings is 1. The molecule has 3 aromatic heterocycles. The normalized spacial score (nSPS) is 24.6. The third-order valence-electron chi connectivity index (χ3n) is 8.10. The molecule has 1 N–H and O–H groups in total. The molecular weight excluding hydrogens is 416 g/mol. The Morgan fingerprint density at radius 3 is 2.76 bits per heavy atom. The molecule has 2 aliphatic carbocycles. The summed E-state index contributed by atoms with van der Waals surface area (Å²) >= 11 is 0. The number of nitrogens with one attached hydrogen (secondary N) is 1. The summed E-state index contributed by atoms with van der Waals surface area (Å²) in [5.74, 6) is 2.24. The van der Waals surface area contributed by atoms with E-state index < -0.39 is 0 Å². The zero-order chi connectivity index (χ0) is 22.9. The van der Waals surface area contributed by atoms with E-state index in [4.69, 9.17) is 4.98 Å². The van der Waals surface area contributed by atoms with Crippen LogP contribution < -0.4 is 10.2 Å². The molecule has 3 aromatic rings. The molecule has 33 heavy (non-hydrogen) atoms. The Hall–Kier alpha value is -3.23. The SMILES string of the molecule is Cc1nc(N2CC3C(C2)C3(C)C)ncc1Cn1cc(C(=O)N[C@@H]2CCc3c2ncn3C)cn1. The summed E-state index contributed by atoms with van der Waals surface area (Å²) < 4.78 is 3.80. The summed E-state index contributed by atoms with van der Waals surface area (Å²) in [5.41, 5.74) is 5.16. The van der Waals surface area contributed by atoms with Gasteiger partial charge in [-0.2, -0.15) is 5.10 Å². The van der Waals surface area contributed by atoms with Crippen LogP contribution in [-0.2, 0) is 20.0 Å². The lowest BCUT2D eigenvalue weighted by Crippen LogP contribution is -2.28. The second kappa shape index (κ2) is 7.13. The molecular formula is C24H30N8O. The third kappa shape index (κ3) is 3.32. The zero-order valence-corrected chi connectivity index (χ0v) is 19.6. The second-order valence-corrected chi connectivity index (χ2v) is 10.4. The summed E-state index contributed by atoms with van der Waals surface area (Å²) in [6.07, 6.45) is 8.92. The Balaban J connectivity index is 1.10. The van der Waals surface area contributed by atoms with E-state index in [2.05, 4.69) is 39.1 Å². The first kappa shape index (κ1) is 20.4. The average molecular weight is 447 g/mol. The minimum absolute atomic E-state index is 0.0394. The summed E-state index contributed by atoms with van der Waals surface area (Å²) in [4.78, 5) is 29.0. The Morgan fingerprint density at radius 2 is 2.00 bits per heavy atom. The van der Waals surface area contributed by atoms with Crippen molar-refractivity contribution < 1.29 is 4.79 Å². The number of amides is 1. The highest BCUT2D eigenvalue weighted by atomic mass is 16.1. The van der Waals surface area contributed by atoms with Crippen molar-refractivity contribution in [3.63, 3.8) is 0 Å². The molecule has 2 fully saturated rings. The molecule has 0 radical (unpaired) electrons. The fourth-order valence-electron chi connectivity index (χ4n) is 5.69. The first-order valence-electron chi connectivity index (χ1n) is 11.7. The highest BCUT2D eigenvalue weighted by molar-refractivity contribution is 5.94. The number of fused-ring (bicyclic) bond motifs is 2. The van der Waals surface area contributed by atoms with Crippen LogP contribution in [-0.4, -0.2) is 48.3 Å². The maximum Gasteiger partial charge on any atom is 0.255 e. The van der Waals surface area contributed by atoms with Crippen molar-refractivity contribution in [3.8, 4) is 0 Å². The van der Waals surface area contributed by atoms with E-state index in [0.717, 1.165) is 60.7 Å². The largest absolute Gasteiger partial charge is 0.343 e. The second-order valence-electron chi connectivity index (χ2n) is 10.4. The molecule has 1 saturated heterocycles. The van der Waals surface area contributed by atoms with Crippen LogP contribution in [0.5, 0.6) is 0 Å². The monoisotopic (exact) mass is 446 g/mol. The lowest BCUT2D eigenvalue weighted by atomic mass is 10.1. The van der Waals surface area contributed by atoms with Crippen LogP contribution in [0.4, 0.5) is 5.95 Å². The molecule has 172 valence electrons. The van der Waals surface area contributed by atoms with Gasteiger partial charge in [-0.1, -0.05) is 13.8 Å². The van der Waals surface area contributed by atoms with Gasteiger partial charge in [0.1, 0.15) is 0 Å². The van der Waals surface area contributed by atoms with Crippen molar-refractivity contribution in [2.45, 2.75) is 46.2 Å². The number of carbonyl (C=O) groups excluding carboxylic acids is 1. The maximum absolute atomic E-state index is 12.8. The van der Waals surface area contributed by atoms with E-state index in [1.54, 1.807) is 17.1 Å². The summed E-state index contributed by atoms with van der Waals surface area (Å²) in [6.45, 7) is 9.37. The lowest BCUT2D eigenvalue weighted by Gasteiger charge is -2.22. The number of nitrogens with zero attached hydrogens (tertiary/aromatic N) is 7. The Labute approximate surface area is 193 Å². The van der Waals surface area contributed by atoms with Crippen LogP contribution in [0.15, 0.2) is 24.9 Å². The van der Waals surface area contributed by atoms with Gasteiger partial charge in [-0.3, -0.25) is 9.48 Å². The van der Waals surface area contributed by atoms with Crippen LogP contribution in [0.1, 0.15) is 59.3 Å². The van der Waals surface area contributed by atoms with E-state index in [1.165, 1.54) is 5.69 Å². The van der Waals surface area contributed by atoms with Gasteiger partial charge >= 0.3 is 0 Å². The van der Waals surface area contributed by atoms with Crippen molar-refractivity contribution >= 4 is 11.9 Å². The van der Waals surface area contributed by atoms with E-state index in [-0.39, 0.29) is 11.9 Å². The van der Waals surface area contributed by atoms with E-state index >= 15 is 0 Å². The van der Waals surface area contributed by atoms with Gasteiger partial charge in [0.15, 0.2) is 0 Å². The van der Waals surface area contributed by atoms with Crippen molar-refractivity contribution in [2.75, 3.05) is 18.0 Å². The molecule has 0 bridgehead atoms. The molecule has 3 atom stereocenters. The molecule has 6 rings (SSSR count). The predicted molar refractivity (Wildman–Crippen MR) is 123 cm³/mol. The molecule has 0 spiro atoms. The molecule has 1 aliphatic heterocycles. The highest BCUT2D eigenvalue weighted by Crippen LogP contribution is 2.62. The molecule has 2 unspecified atom stereocenters. The molecule has 1 amide bonds. The van der Waals surface area contributed by atoms with E-state index in [9.17, 15) is 4.79 Å². The third-order valence-corrected chi connectivity index (χ3v) is 8.10. The van der Waals surface area contributed by atoms with Crippen LogP contribution >= 0.6 is 0 Å². The van der Waals surface area contributed by atoms with E-state index in [1.807, 2.05) is 31.1 Å². The fourth-order valence-corrected chi connectivity index (χ4v) is 5.69. The number of hydrogen-bond acceptors (Lipinski definition) is 6. The van der Waals surface area contributed by atoms with E-state index in [0.29, 0.717) is 17.5 Å². The van der Waals surface area contributed by atoms with Crippen LogP contribution in [0.2, 0.25) is 0 Å². The van der Waals surface area contributed by atoms with Gasteiger partial charge in [0.25, 0.3) is 5.91 Å². The van der Waals surface area contributed by atoms with Gasteiger partial charge in [-0.15, -0.1) is 0 Å². The Kier molecular flexibility index (Phi) is 4.41. The number of aryl methyl sites for hydroxylation is 2. The number of carbonyl (C=O) groups is 1. The number of anilines is 1. The summed E-state index contributed by atoms with van der Waals surface area (Å²) in [6, 6.07) is -0.0394. The molecule has 9 nitrogen and oxygen atoms in total. The molecule has 1 saturated carbocycles. The van der Waals surface area contributed by atoms with Crippen LogP contribution in [0.3, 0.4) is 0 Å². The summed E-state index contributed by atoms with van der Waals surface area (Å²) in [5, 5.41) is 7.50. The molecule has 4 heterocycles. The van der Waals surface area contributed by atoms with Crippen molar-refractivity contribution in [1.29, 1.82) is 0 Å². The Morgan fingerprint density at radius 1 is 1.21 bits per heavy atom. The first-order chi connectivity index (χ1) is 15.8. The van der Waals surface area contributed by atoms with Gasteiger partial charge in [-0.25, -0.2) is 15.0 Å². The highest BCUT2D eigenvalue weighted by Gasteiger charge is 2.62. The Bertz CT molecular complexity index is 1230. The minimum atomic E-state index is -0.122. The first-order valence-corrected chi connectivity index (χ1v) is 11.7. The van der Waals surface area contributed by atoms with Crippen molar-refractivity contribution in [2.24, 2.45) is 24.3 Å². The smallest absolute Gasteiger partial charge is 0.255 e. The summed E-state index contributed by atoms with van der Waals surface area (Å²) in [7, 11) is 1.99. The molecule has 0 aromatic carbocycles. The van der Waals surface area contributed by atoms with Crippen molar-refractivity contribution in [1.82, 2.24) is 34.6 Å². The average Bonchev–Trinajstić information content (AvgIpc) is 3.41. The quantitative estimate of drug-likeness (QED) is 0.646. The van der Waals surface area contributed by atoms with Gasteiger partial charge < -0.3 is 14.8 Å². The number of imidazole rings is 1. The maximum atomic E-state index is 12.8. The predicted octanol–water partition coefficient (Wildman–Crippen LogP) is 2.27. The van der Waals surface area contributed by atoms with Gasteiger partial charge in [0.05, 0.1) is 36.4 Å². The van der Waals surface area contributed by atoms with Crippen molar-refractivity contribution in [3.05, 3.63) is 53.1 Å². The fraction of sp³-hybridized carbons (Fsp3) is 0.542. The zero-order valence-electron chi connectivity index (χ0n) is 19.6. The molecule has 9 heteroatoms. The lowest BCUT2D eigenvalue weighted by molar-refractivity contribution is 0.0936. The number of hydrogen-bond donors (Lipinski definition) is 1. The topological polar surface area (TPSA) is 93.8 Å². The van der Waals surface area contributed by atoms with Crippen LogP contribution in [0.25, 0.3) is 0 Å². The van der Waals surface area contributed by atoms with Gasteiger partial charge in [-0.05, 0) is 37.0 Å². The van der Waals surface area contributed by atoms with Crippen LogP contribution in [0, 0.1) is 24.2 Å². The number of aromatic nitrogens is 6. The molecule has 3 aliphatic rings.